The zero-order chi connectivity index (χ0) is 20.7. The number of aliphatic imine (C=N–C) groups is 1. The number of carbonyl (C=O) groups excluding carboxylic acids is 2. The second-order valence-corrected chi connectivity index (χ2v) is 7.61. The zero-order valence-electron chi connectivity index (χ0n) is 17.6. The summed E-state index contributed by atoms with van der Waals surface area (Å²) in [6, 6.07) is 10.4. The normalized spacial score (nSPS) is 20.8. The summed E-state index contributed by atoms with van der Waals surface area (Å²) in [6.07, 6.45) is 1.44. The van der Waals surface area contributed by atoms with E-state index in [1.165, 1.54) is 4.90 Å². The van der Waals surface area contributed by atoms with Gasteiger partial charge in [0.2, 0.25) is 11.8 Å². The molecular formula is C21H33N5O2. The molecule has 2 rings (SSSR count). The quantitative estimate of drug-likeness (QED) is 0.551. The summed E-state index contributed by atoms with van der Waals surface area (Å²) in [5, 5.41) is 6.68. The number of nitrogens with zero attached hydrogens (tertiary/aromatic N) is 3. The molecule has 0 saturated carbocycles. The highest BCUT2D eigenvalue weighted by Gasteiger charge is 2.38. The van der Waals surface area contributed by atoms with E-state index in [0.717, 1.165) is 12.0 Å². The van der Waals surface area contributed by atoms with Crippen LogP contribution in [-0.2, 0) is 9.59 Å². The summed E-state index contributed by atoms with van der Waals surface area (Å²) in [4.78, 5) is 32.0. The Hall–Kier alpha value is -2.57. The third-order valence-electron chi connectivity index (χ3n) is 5.23. The number of hydrogen-bond donors (Lipinski definition) is 2. The van der Waals surface area contributed by atoms with Gasteiger partial charge in [0.25, 0.3) is 0 Å². The molecule has 7 heteroatoms. The number of hydrogen-bond acceptors (Lipinski definition) is 3. The molecular weight excluding hydrogens is 354 g/mol. The van der Waals surface area contributed by atoms with Gasteiger partial charge in [0, 0.05) is 46.1 Å². The Morgan fingerprint density at radius 3 is 2.61 bits per heavy atom. The Kier molecular flexibility index (Phi) is 7.84. The fourth-order valence-electron chi connectivity index (χ4n) is 3.28. The first-order valence-electron chi connectivity index (χ1n) is 9.89. The first-order valence-corrected chi connectivity index (χ1v) is 9.89. The van der Waals surface area contributed by atoms with E-state index in [2.05, 4.69) is 41.6 Å². The van der Waals surface area contributed by atoms with E-state index in [-0.39, 0.29) is 36.4 Å². The van der Waals surface area contributed by atoms with Gasteiger partial charge in [-0.1, -0.05) is 37.3 Å². The first-order chi connectivity index (χ1) is 13.3. The number of rotatable bonds is 7. The molecule has 1 aromatic rings. The summed E-state index contributed by atoms with van der Waals surface area (Å²) in [6.45, 7) is 4.86. The maximum atomic E-state index is 12.3. The van der Waals surface area contributed by atoms with Crippen LogP contribution in [0.3, 0.4) is 0 Å². The fourth-order valence-corrected chi connectivity index (χ4v) is 3.28. The Morgan fingerprint density at radius 2 is 2.00 bits per heavy atom. The van der Waals surface area contributed by atoms with Crippen molar-refractivity contribution in [2.24, 2.45) is 10.9 Å². The van der Waals surface area contributed by atoms with Gasteiger partial charge >= 0.3 is 0 Å². The van der Waals surface area contributed by atoms with Crippen molar-refractivity contribution in [3.8, 4) is 0 Å². The second kappa shape index (κ2) is 10.1. The number of benzene rings is 1. The van der Waals surface area contributed by atoms with Gasteiger partial charge in [-0.3, -0.25) is 9.59 Å². The van der Waals surface area contributed by atoms with E-state index in [4.69, 9.17) is 0 Å². The third kappa shape index (κ3) is 5.71. The average Bonchev–Trinajstić information content (AvgIpc) is 2.97. The molecule has 0 aliphatic carbocycles. The number of guanidine groups is 1. The zero-order valence-corrected chi connectivity index (χ0v) is 17.6. The van der Waals surface area contributed by atoms with Crippen LogP contribution in [0.25, 0.3) is 0 Å². The third-order valence-corrected chi connectivity index (χ3v) is 5.23. The predicted octanol–water partition coefficient (Wildman–Crippen LogP) is 1.63. The first kappa shape index (κ1) is 21.7. The fraction of sp³-hybridized carbons (Fsp3) is 0.571. The Balaban J connectivity index is 2.10. The molecule has 3 atom stereocenters. The Bertz CT molecular complexity index is 689. The molecule has 0 bridgehead atoms. The summed E-state index contributed by atoms with van der Waals surface area (Å²) in [7, 11) is 5.30. The molecule has 0 spiro atoms. The van der Waals surface area contributed by atoms with Gasteiger partial charge < -0.3 is 20.4 Å². The molecule has 154 valence electrons. The van der Waals surface area contributed by atoms with Crippen molar-refractivity contribution in [1.82, 2.24) is 20.4 Å². The van der Waals surface area contributed by atoms with E-state index >= 15 is 0 Å². The van der Waals surface area contributed by atoms with E-state index in [1.54, 1.807) is 14.1 Å². The van der Waals surface area contributed by atoms with Crippen LogP contribution in [0.15, 0.2) is 35.3 Å². The smallest absolute Gasteiger partial charge is 0.243 e. The predicted molar refractivity (Wildman–Crippen MR) is 112 cm³/mol. The summed E-state index contributed by atoms with van der Waals surface area (Å²) < 4.78 is 0. The molecule has 7 nitrogen and oxygen atoms in total. The van der Waals surface area contributed by atoms with Gasteiger partial charge in [0.1, 0.15) is 6.54 Å². The SMILES string of the molecule is CCC(C)NC(=NCC(=O)N(C)C)NCC1CC(=O)N(C)C1c1ccccc1. The molecule has 1 saturated heterocycles. The minimum Gasteiger partial charge on any atom is -0.356 e. The Labute approximate surface area is 168 Å². The largest absolute Gasteiger partial charge is 0.356 e. The highest BCUT2D eigenvalue weighted by molar-refractivity contribution is 5.85. The van der Waals surface area contributed by atoms with E-state index in [1.807, 2.05) is 30.1 Å². The van der Waals surface area contributed by atoms with Crippen LogP contribution in [0.2, 0.25) is 0 Å². The highest BCUT2D eigenvalue weighted by atomic mass is 16.2. The lowest BCUT2D eigenvalue weighted by molar-refractivity contribution is -0.128. The molecule has 1 aliphatic rings. The number of likely N-dealkylation sites (N-methyl/N-ethyl adjacent to an activating group) is 1. The van der Waals surface area contributed by atoms with Crippen molar-refractivity contribution >= 4 is 17.8 Å². The van der Waals surface area contributed by atoms with Crippen LogP contribution in [0, 0.1) is 5.92 Å². The van der Waals surface area contributed by atoms with Gasteiger partial charge in [-0.05, 0) is 18.9 Å². The van der Waals surface area contributed by atoms with Crippen LogP contribution in [0.1, 0.15) is 38.3 Å². The van der Waals surface area contributed by atoms with Crippen molar-refractivity contribution in [1.29, 1.82) is 0 Å². The molecule has 2 amide bonds. The van der Waals surface area contributed by atoms with E-state index < -0.39 is 0 Å². The van der Waals surface area contributed by atoms with Gasteiger partial charge in [0.15, 0.2) is 5.96 Å². The maximum Gasteiger partial charge on any atom is 0.243 e. The second-order valence-electron chi connectivity index (χ2n) is 7.61. The molecule has 1 fully saturated rings. The minimum atomic E-state index is -0.0526. The molecule has 1 aliphatic heterocycles. The van der Waals surface area contributed by atoms with Gasteiger partial charge in [-0.2, -0.15) is 0 Å². The molecule has 3 unspecified atom stereocenters. The minimum absolute atomic E-state index is 0.0365. The van der Waals surface area contributed by atoms with Crippen LogP contribution < -0.4 is 10.6 Å². The lowest BCUT2D eigenvalue weighted by atomic mass is 9.94. The number of carbonyl (C=O) groups is 2. The molecule has 0 radical (unpaired) electrons. The molecule has 0 aromatic heterocycles. The standard InChI is InChI=1S/C21H33N5O2/c1-6-15(2)24-21(23-14-19(28)25(3)4)22-13-17-12-18(27)26(5)20(17)16-10-8-7-9-11-16/h7-11,15,17,20H,6,12-14H2,1-5H3,(H2,22,23,24). The van der Waals surface area contributed by atoms with E-state index in [0.29, 0.717) is 18.9 Å². The van der Waals surface area contributed by atoms with Crippen LogP contribution >= 0.6 is 0 Å². The van der Waals surface area contributed by atoms with Crippen molar-refractivity contribution < 1.29 is 9.59 Å². The lowest BCUT2D eigenvalue weighted by Crippen LogP contribution is -2.45. The summed E-state index contributed by atoms with van der Waals surface area (Å²) in [5.41, 5.74) is 1.14. The van der Waals surface area contributed by atoms with Crippen molar-refractivity contribution in [3.63, 3.8) is 0 Å². The molecule has 28 heavy (non-hydrogen) atoms. The average molecular weight is 388 g/mol. The summed E-state index contributed by atoms with van der Waals surface area (Å²) in [5.74, 6) is 0.840. The highest BCUT2D eigenvalue weighted by Crippen LogP contribution is 2.36. The lowest BCUT2D eigenvalue weighted by Gasteiger charge is -2.26. The maximum absolute atomic E-state index is 12.3. The van der Waals surface area contributed by atoms with Gasteiger partial charge in [-0.15, -0.1) is 0 Å². The summed E-state index contributed by atoms with van der Waals surface area (Å²) >= 11 is 0. The van der Waals surface area contributed by atoms with Gasteiger partial charge in [0.05, 0.1) is 6.04 Å². The van der Waals surface area contributed by atoms with E-state index in [9.17, 15) is 9.59 Å². The monoisotopic (exact) mass is 387 g/mol. The molecule has 1 aromatic carbocycles. The number of amides is 2. The molecule has 1 heterocycles. The molecule has 2 N–H and O–H groups in total. The topological polar surface area (TPSA) is 77.0 Å². The van der Waals surface area contributed by atoms with Crippen molar-refractivity contribution in [2.75, 3.05) is 34.2 Å². The van der Waals surface area contributed by atoms with Crippen molar-refractivity contribution in [2.45, 2.75) is 38.8 Å². The number of nitrogens with one attached hydrogen (secondary N) is 2. The Morgan fingerprint density at radius 1 is 1.32 bits per heavy atom. The van der Waals surface area contributed by atoms with Crippen LogP contribution in [0.4, 0.5) is 0 Å². The van der Waals surface area contributed by atoms with Crippen LogP contribution in [0.5, 0.6) is 0 Å². The van der Waals surface area contributed by atoms with Gasteiger partial charge in [-0.25, -0.2) is 4.99 Å². The van der Waals surface area contributed by atoms with Crippen molar-refractivity contribution in [3.05, 3.63) is 35.9 Å². The number of likely N-dealkylation sites (tertiary alicyclic amines) is 1. The van der Waals surface area contributed by atoms with Crippen LogP contribution in [-0.4, -0.2) is 67.8 Å².